The molecule has 6 heteroatoms. The van der Waals surface area contributed by atoms with Crippen LogP contribution in [0, 0.1) is 0 Å². The lowest BCUT2D eigenvalue weighted by atomic mass is 10.0. The van der Waals surface area contributed by atoms with Gasteiger partial charge in [0.15, 0.2) is 0 Å². The fourth-order valence-electron chi connectivity index (χ4n) is 4.15. The number of pyridine rings is 1. The zero-order valence-corrected chi connectivity index (χ0v) is 16.4. The summed E-state index contributed by atoms with van der Waals surface area (Å²) in [5.74, 6) is 0.384. The van der Waals surface area contributed by atoms with Crippen molar-refractivity contribution in [1.82, 2.24) is 15.2 Å². The topological polar surface area (TPSA) is 71.5 Å². The van der Waals surface area contributed by atoms with Gasteiger partial charge in [-0.1, -0.05) is 24.8 Å². The number of amides is 2. The van der Waals surface area contributed by atoms with Gasteiger partial charge in [0.05, 0.1) is 12.1 Å². The van der Waals surface area contributed by atoms with E-state index in [0.29, 0.717) is 43.0 Å². The second kappa shape index (κ2) is 7.30. The molecule has 0 spiro atoms. The Bertz CT molecular complexity index is 1190. The molecule has 1 saturated heterocycles. The van der Waals surface area contributed by atoms with Gasteiger partial charge in [-0.25, -0.2) is 0 Å². The first-order chi connectivity index (χ1) is 14.6. The maximum atomic E-state index is 13.0. The van der Waals surface area contributed by atoms with Crippen LogP contribution in [0.4, 0.5) is 0 Å². The maximum absolute atomic E-state index is 13.0. The number of aromatic nitrogens is 1. The monoisotopic (exact) mass is 399 g/mol. The van der Waals surface area contributed by atoms with Gasteiger partial charge in [-0.2, -0.15) is 0 Å². The summed E-state index contributed by atoms with van der Waals surface area (Å²) in [5, 5.41) is 3.82. The summed E-state index contributed by atoms with van der Waals surface area (Å²) in [6.07, 6.45) is 3.04. The second-order valence-electron chi connectivity index (χ2n) is 7.68. The number of fused-ring (bicyclic) bond motifs is 2. The summed E-state index contributed by atoms with van der Waals surface area (Å²) < 4.78 is 6.10. The van der Waals surface area contributed by atoms with Crippen LogP contribution < -0.4 is 10.1 Å². The molecule has 2 aliphatic heterocycles. The van der Waals surface area contributed by atoms with Crippen molar-refractivity contribution in [2.75, 3.05) is 0 Å². The minimum absolute atomic E-state index is 0.125. The number of hydrogen-bond acceptors (Lipinski definition) is 4. The minimum Gasteiger partial charge on any atom is -0.489 e. The zero-order valence-electron chi connectivity index (χ0n) is 16.4. The first-order valence-electron chi connectivity index (χ1n) is 9.98. The Kier molecular flexibility index (Phi) is 4.47. The van der Waals surface area contributed by atoms with Crippen molar-refractivity contribution in [3.63, 3.8) is 0 Å². The summed E-state index contributed by atoms with van der Waals surface area (Å²) in [4.78, 5) is 31.3. The number of hydrogen-bond donors (Lipinski definition) is 1. The van der Waals surface area contributed by atoms with Crippen molar-refractivity contribution in [1.29, 1.82) is 0 Å². The van der Waals surface area contributed by atoms with E-state index in [2.05, 4.69) is 22.9 Å². The fraction of sp³-hybridized carbons (Fsp3) is 0.208. The van der Waals surface area contributed by atoms with E-state index in [0.717, 1.165) is 22.0 Å². The van der Waals surface area contributed by atoms with Crippen molar-refractivity contribution in [3.05, 3.63) is 83.7 Å². The molecule has 1 unspecified atom stereocenters. The highest BCUT2D eigenvalue weighted by Gasteiger charge is 2.39. The van der Waals surface area contributed by atoms with E-state index in [1.54, 1.807) is 17.2 Å². The van der Waals surface area contributed by atoms with Gasteiger partial charge in [-0.15, -0.1) is 0 Å². The Hall–Kier alpha value is -3.67. The number of carbonyl (C=O) groups excluding carboxylic acids is 2. The van der Waals surface area contributed by atoms with Gasteiger partial charge < -0.3 is 15.0 Å². The average Bonchev–Trinajstić information content (AvgIpc) is 3.09. The number of ether oxygens (including phenoxy) is 1. The molecule has 3 heterocycles. The Labute approximate surface area is 174 Å². The molecule has 3 aromatic rings. The normalized spacial score (nSPS) is 18.5. The van der Waals surface area contributed by atoms with Gasteiger partial charge in [0.1, 0.15) is 18.4 Å². The van der Waals surface area contributed by atoms with Crippen LogP contribution in [0.2, 0.25) is 0 Å². The largest absolute Gasteiger partial charge is 0.489 e. The molecule has 2 aliphatic rings. The first kappa shape index (κ1) is 18.4. The summed E-state index contributed by atoms with van der Waals surface area (Å²) in [6, 6.07) is 15.0. The fourth-order valence-corrected chi connectivity index (χ4v) is 4.15. The lowest BCUT2D eigenvalue weighted by Gasteiger charge is -2.31. The molecule has 1 N–H and O–H groups in total. The number of piperidine rings is 1. The Balaban J connectivity index is 1.36. The molecule has 150 valence electrons. The van der Waals surface area contributed by atoms with Crippen LogP contribution in [0.1, 0.15) is 34.3 Å². The Morgan fingerprint density at radius 2 is 2.07 bits per heavy atom. The Morgan fingerprint density at radius 3 is 2.93 bits per heavy atom. The average molecular weight is 399 g/mol. The molecular weight excluding hydrogens is 378 g/mol. The number of nitrogens with one attached hydrogen (secondary N) is 1. The van der Waals surface area contributed by atoms with E-state index in [4.69, 9.17) is 4.74 Å². The zero-order chi connectivity index (χ0) is 20.7. The van der Waals surface area contributed by atoms with E-state index >= 15 is 0 Å². The Morgan fingerprint density at radius 1 is 1.17 bits per heavy atom. The highest BCUT2D eigenvalue weighted by molar-refractivity contribution is 6.02. The molecule has 1 fully saturated rings. The lowest BCUT2D eigenvalue weighted by Crippen LogP contribution is -2.49. The second-order valence-corrected chi connectivity index (χ2v) is 7.68. The van der Waals surface area contributed by atoms with Crippen molar-refractivity contribution in [3.8, 4) is 5.75 Å². The third kappa shape index (κ3) is 3.20. The summed E-state index contributed by atoms with van der Waals surface area (Å²) in [7, 11) is 0. The molecular formula is C24H21N3O3. The third-order valence-corrected chi connectivity index (χ3v) is 5.71. The SMILES string of the molecule is C=C1CCC(N2Cc3c(OCc4ccc5ncccc5c4)cccc3C2=O)C(=O)N1. The van der Waals surface area contributed by atoms with Crippen molar-refractivity contribution in [2.24, 2.45) is 0 Å². The molecule has 2 amide bonds. The number of carbonyl (C=O) groups is 2. The van der Waals surface area contributed by atoms with Crippen molar-refractivity contribution >= 4 is 22.7 Å². The van der Waals surface area contributed by atoms with Crippen LogP contribution in [0.5, 0.6) is 5.75 Å². The molecule has 0 aliphatic carbocycles. The van der Waals surface area contributed by atoms with Gasteiger partial charge in [-0.05, 0) is 48.7 Å². The van der Waals surface area contributed by atoms with Crippen LogP contribution in [0.15, 0.2) is 67.0 Å². The van der Waals surface area contributed by atoms with Crippen LogP contribution in [-0.2, 0) is 17.9 Å². The van der Waals surface area contributed by atoms with E-state index in [1.165, 1.54) is 0 Å². The van der Waals surface area contributed by atoms with Gasteiger partial charge in [-0.3, -0.25) is 14.6 Å². The van der Waals surface area contributed by atoms with Gasteiger partial charge >= 0.3 is 0 Å². The quantitative estimate of drug-likeness (QED) is 0.728. The van der Waals surface area contributed by atoms with E-state index in [-0.39, 0.29) is 11.8 Å². The molecule has 2 aromatic carbocycles. The highest BCUT2D eigenvalue weighted by Crippen LogP contribution is 2.34. The van der Waals surface area contributed by atoms with E-state index in [1.807, 2.05) is 36.4 Å². The first-order valence-corrected chi connectivity index (χ1v) is 9.98. The van der Waals surface area contributed by atoms with Crippen LogP contribution >= 0.6 is 0 Å². The summed E-state index contributed by atoms with van der Waals surface area (Å²) >= 11 is 0. The predicted octanol–water partition coefficient (Wildman–Crippen LogP) is 3.56. The van der Waals surface area contributed by atoms with E-state index in [9.17, 15) is 9.59 Å². The molecule has 6 nitrogen and oxygen atoms in total. The molecule has 1 atom stereocenters. The van der Waals surface area contributed by atoms with Crippen molar-refractivity contribution < 1.29 is 14.3 Å². The highest BCUT2D eigenvalue weighted by atomic mass is 16.5. The maximum Gasteiger partial charge on any atom is 0.255 e. The molecule has 0 saturated carbocycles. The van der Waals surface area contributed by atoms with E-state index < -0.39 is 6.04 Å². The minimum atomic E-state index is -0.476. The molecule has 0 bridgehead atoms. The molecule has 5 rings (SSSR count). The number of benzene rings is 2. The molecule has 0 radical (unpaired) electrons. The molecule has 30 heavy (non-hydrogen) atoms. The number of rotatable bonds is 4. The van der Waals surface area contributed by atoms with Gasteiger partial charge in [0, 0.05) is 28.4 Å². The summed E-state index contributed by atoms with van der Waals surface area (Å²) in [5.41, 5.74) is 4.11. The summed E-state index contributed by atoms with van der Waals surface area (Å²) in [6.45, 7) is 4.57. The number of nitrogens with zero attached hydrogens (tertiary/aromatic N) is 2. The lowest BCUT2D eigenvalue weighted by molar-refractivity contribution is -0.126. The van der Waals surface area contributed by atoms with Crippen molar-refractivity contribution in [2.45, 2.75) is 32.0 Å². The van der Waals surface area contributed by atoms with Gasteiger partial charge in [0.2, 0.25) is 5.91 Å². The predicted molar refractivity (Wildman–Crippen MR) is 113 cm³/mol. The standard InChI is InChI=1S/C24H21N3O3/c1-15-7-10-21(23(28)26-15)27-13-19-18(24(27)29)5-2-6-22(19)30-14-16-8-9-20-17(12-16)4-3-11-25-20/h2-6,8-9,11-12,21H,1,7,10,13-14H2,(H,26,28). The van der Waals surface area contributed by atoms with Gasteiger partial charge in [0.25, 0.3) is 5.91 Å². The third-order valence-electron chi connectivity index (χ3n) is 5.71. The molecule has 1 aromatic heterocycles. The smallest absolute Gasteiger partial charge is 0.255 e. The van der Waals surface area contributed by atoms with Crippen LogP contribution in [0.3, 0.4) is 0 Å². The van der Waals surface area contributed by atoms with Crippen LogP contribution in [0.25, 0.3) is 10.9 Å². The number of allylic oxidation sites excluding steroid dienone is 1. The van der Waals surface area contributed by atoms with Crippen LogP contribution in [-0.4, -0.2) is 27.7 Å².